The Kier molecular flexibility index (Phi) is 8.18. The van der Waals surface area contributed by atoms with E-state index in [4.69, 9.17) is 9.47 Å². The molecule has 1 saturated heterocycles. The lowest BCUT2D eigenvalue weighted by atomic mass is 9.99. The van der Waals surface area contributed by atoms with Crippen LogP contribution in [0.5, 0.6) is 5.75 Å². The second-order valence-electron chi connectivity index (χ2n) is 9.00. The van der Waals surface area contributed by atoms with Gasteiger partial charge in [-0.1, -0.05) is 24.6 Å². The maximum absolute atomic E-state index is 12.8. The molecule has 4 rings (SSSR count). The molecule has 1 aliphatic carbocycles. The second-order valence-corrected chi connectivity index (χ2v) is 9.00. The number of imide groups is 1. The molecule has 33 heavy (non-hydrogen) atoms. The van der Waals surface area contributed by atoms with Gasteiger partial charge in [-0.15, -0.1) is 0 Å². The summed E-state index contributed by atoms with van der Waals surface area (Å²) < 4.78 is 10.8. The molecule has 0 radical (unpaired) electrons. The van der Waals surface area contributed by atoms with Crippen LogP contribution in [-0.2, 0) is 9.53 Å². The molecule has 2 aliphatic heterocycles. The third-order valence-electron chi connectivity index (χ3n) is 6.72. The Bertz CT molecular complexity index is 889. The molecule has 0 N–H and O–H groups in total. The molecule has 7 heteroatoms. The summed E-state index contributed by atoms with van der Waals surface area (Å²) in [6.45, 7) is 7.00. The molecule has 1 unspecified atom stereocenters. The van der Waals surface area contributed by atoms with Gasteiger partial charge in [0.2, 0.25) is 0 Å². The standard InChI is InChI=1S/C26H35N3O4/c1-32-22-11-9-21(10-12-22)19-28-17-15-27(16-18-28)13-5-2-6-14-29-25(30)20-33-24-8-4-3-7-23(24)26(29)31/h3-4,7-9,11-12,21H,2,5-6,10,13-20H2,1H3. The van der Waals surface area contributed by atoms with Crippen LogP contribution in [0, 0.1) is 5.92 Å². The first-order valence-electron chi connectivity index (χ1n) is 12.1. The molecule has 1 atom stereocenters. The summed E-state index contributed by atoms with van der Waals surface area (Å²) in [6.07, 6.45) is 10.5. The minimum absolute atomic E-state index is 0.0759. The van der Waals surface area contributed by atoms with Crippen LogP contribution in [0.1, 0.15) is 36.0 Å². The maximum Gasteiger partial charge on any atom is 0.267 e. The number of ether oxygens (including phenoxy) is 2. The number of fused-ring (bicyclic) bond motifs is 1. The monoisotopic (exact) mass is 453 g/mol. The van der Waals surface area contributed by atoms with Crippen molar-refractivity contribution in [2.24, 2.45) is 5.92 Å². The summed E-state index contributed by atoms with van der Waals surface area (Å²) in [6, 6.07) is 7.08. The van der Waals surface area contributed by atoms with Gasteiger partial charge in [0.05, 0.1) is 12.7 Å². The molecule has 0 saturated carbocycles. The van der Waals surface area contributed by atoms with Crippen molar-refractivity contribution in [2.75, 3.05) is 59.5 Å². The van der Waals surface area contributed by atoms with Crippen molar-refractivity contribution >= 4 is 11.8 Å². The van der Waals surface area contributed by atoms with Gasteiger partial charge in [-0.05, 0) is 56.0 Å². The molecule has 178 valence electrons. The van der Waals surface area contributed by atoms with Crippen LogP contribution in [0.25, 0.3) is 0 Å². The first-order chi connectivity index (χ1) is 16.1. The Balaban J connectivity index is 1.12. The number of para-hydroxylation sites is 1. The van der Waals surface area contributed by atoms with Crippen LogP contribution >= 0.6 is 0 Å². The van der Waals surface area contributed by atoms with E-state index in [9.17, 15) is 9.59 Å². The highest BCUT2D eigenvalue weighted by Crippen LogP contribution is 2.23. The summed E-state index contributed by atoms with van der Waals surface area (Å²) in [5.41, 5.74) is 0.472. The average molecular weight is 454 g/mol. The Morgan fingerprint density at radius 1 is 1.00 bits per heavy atom. The molecular formula is C26H35N3O4. The van der Waals surface area contributed by atoms with Gasteiger partial charge in [0, 0.05) is 39.3 Å². The van der Waals surface area contributed by atoms with Crippen LogP contribution in [-0.4, -0.2) is 86.0 Å². The van der Waals surface area contributed by atoms with Crippen molar-refractivity contribution in [1.29, 1.82) is 0 Å². The van der Waals surface area contributed by atoms with E-state index in [0.717, 1.165) is 70.7 Å². The normalized spacial score (nSPS) is 21.9. The smallest absolute Gasteiger partial charge is 0.267 e. The molecule has 3 aliphatic rings. The van der Waals surface area contributed by atoms with Crippen molar-refractivity contribution in [2.45, 2.75) is 25.7 Å². The van der Waals surface area contributed by atoms with Gasteiger partial charge in [0.1, 0.15) is 11.5 Å². The van der Waals surface area contributed by atoms with E-state index in [1.165, 1.54) is 4.90 Å². The van der Waals surface area contributed by atoms with Crippen molar-refractivity contribution in [1.82, 2.24) is 14.7 Å². The SMILES string of the molecule is COC1=CCC(CN2CCN(CCCCCN3C(=O)COc4ccccc4C3=O)CC2)C=C1. The Labute approximate surface area is 196 Å². The number of carbonyl (C=O) groups excluding carboxylic acids is 2. The summed E-state index contributed by atoms with van der Waals surface area (Å²) >= 11 is 0. The summed E-state index contributed by atoms with van der Waals surface area (Å²) in [5.74, 6) is 1.55. The number of rotatable bonds is 9. The molecule has 2 amide bonds. The predicted molar refractivity (Wildman–Crippen MR) is 127 cm³/mol. The molecule has 0 aromatic heterocycles. The molecule has 0 bridgehead atoms. The minimum atomic E-state index is -0.255. The fraction of sp³-hybridized carbons (Fsp3) is 0.538. The predicted octanol–water partition coefficient (Wildman–Crippen LogP) is 2.94. The molecule has 7 nitrogen and oxygen atoms in total. The van der Waals surface area contributed by atoms with E-state index in [-0.39, 0.29) is 18.4 Å². The molecule has 1 aromatic rings. The number of allylic oxidation sites excluding steroid dienone is 2. The van der Waals surface area contributed by atoms with Gasteiger partial charge >= 0.3 is 0 Å². The zero-order valence-electron chi connectivity index (χ0n) is 19.6. The third kappa shape index (κ3) is 6.24. The lowest BCUT2D eigenvalue weighted by molar-refractivity contribution is -0.130. The number of carbonyl (C=O) groups is 2. The Hall–Kier alpha value is -2.64. The maximum atomic E-state index is 12.8. The van der Waals surface area contributed by atoms with Gasteiger partial charge in [-0.25, -0.2) is 0 Å². The van der Waals surface area contributed by atoms with E-state index in [0.29, 0.717) is 23.8 Å². The van der Waals surface area contributed by atoms with Crippen molar-refractivity contribution in [3.05, 3.63) is 53.8 Å². The molecule has 1 aromatic carbocycles. The summed E-state index contributed by atoms with van der Waals surface area (Å²) in [5, 5.41) is 0. The molecule has 2 heterocycles. The van der Waals surface area contributed by atoms with E-state index in [1.807, 2.05) is 6.07 Å². The van der Waals surface area contributed by atoms with Crippen LogP contribution < -0.4 is 4.74 Å². The number of unbranched alkanes of at least 4 members (excludes halogenated alkanes) is 2. The number of benzene rings is 1. The molecular weight excluding hydrogens is 418 g/mol. The number of nitrogens with zero attached hydrogens (tertiary/aromatic N) is 3. The van der Waals surface area contributed by atoms with E-state index in [1.54, 1.807) is 25.3 Å². The largest absolute Gasteiger partial charge is 0.497 e. The number of hydrogen-bond donors (Lipinski definition) is 0. The fourth-order valence-electron chi connectivity index (χ4n) is 4.71. The number of methoxy groups -OCH3 is 1. The van der Waals surface area contributed by atoms with Crippen molar-refractivity contribution in [3.63, 3.8) is 0 Å². The van der Waals surface area contributed by atoms with Gasteiger partial charge in [-0.3, -0.25) is 14.5 Å². The summed E-state index contributed by atoms with van der Waals surface area (Å²) in [4.78, 5) is 31.6. The van der Waals surface area contributed by atoms with Crippen molar-refractivity contribution in [3.8, 4) is 5.75 Å². The van der Waals surface area contributed by atoms with Crippen LogP contribution in [0.15, 0.2) is 48.3 Å². The Morgan fingerprint density at radius 3 is 2.52 bits per heavy atom. The zero-order chi connectivity index (χ0) is 23.0. The van der Waals surface area contributed by atoms with Crippen LogP contribution in [0.4, 0.5) is 0 Å². The second kappa shape index (κ2) is 11.5. The topological polar surface area (TPSA) is 62.3 Å². The quantitative estimate of drug-likeness (QED) is 0.423. The van der Waals surface area contributed by atoms with Crippen LogP contribution in [0.3, 0.4) is 0 Å². The number of amides is 2. The lowest BCUT2D eigenvalue weighted by Gasteiger charge is -2.36. The average Bonchev–Trinajstić information content (AvgIpc) is 2.97. The first kappa shape index (κ1) is 23.5. The van der Waals surface area contributed by atoms with Gasteiger partial charge < -0.3 is 19.3 Å². The third-order valence-corrected chi connectivity index (χ3v) is 6.72. The van der Waals surface area contributed by atoms with Crippen LogP contribution in [0.2, 0.25) is 0 Å². The van der Waals surface area contributed by atoms with E-state index < -0.39 is 0 Å². The highest BCUT2D eigenvalue weighted by molar-refractivity contribution is 6.07. The molecule has 0 spiro atoms. The fourth-order valence-corrected chi connectivity index (χ4v) is 4.71. The van der Waals surface area contributed by atoms with Gasteiger partial charge in [-0.2, -0.15) is 0 Å². The van der Waals surface area contributed by atoms with Gasteiger partial charge in [0.25, 0.3) is 11.8 Å². The zero-order valence-corrected chi connectivity index (χ0v) is 19.6. The first-order valence-corrected chi connectivity index (χ1v) is 12.1. The Morgan fingerprint density at radius 2 is 1.76 bits per heavy atom. The number of hydrogen-bond acceptors (Lipinski definition) is 6. The highest BCUT2D eigenvalue weighted by atomic mass is 16.5. The molecule has 1 fully saturated rings. The van der Waals surface area contributed by atoms with E-state index in [2.05, 4.69) is 28.0 Å². The van der Waals surface area contributed by atoms with Gasteiger partial charge in [0.15, 0.2) is 6.61 Å². The summed E-state index contributed by atoms with van der Waals surface area (Å²) in [7, 11) is 1.72. The minimum Gasteiger partial charge on any atom is -0.497 e. The highest BCUT2D eigenvalue weighted by Gasteiger charge is 2.28. The lowest BCUT2D eigenvalue weighted by Crippen LogP contribution is -2.47. The number of piperazine rings is 1. The van der Waals surface area contributed by atoms with E-state index >= 15 is 0 Å². The van der Waals surface area contributed by atoms with Crippen molar-refractivity contribution < 1.29 is 19.1 Å².